The first-order valence-corrected chi connectivity index (χ1v) is 6.74. The number of nitrogens with zero attached hydrogens (tertiary/aromatic N) is 1. The molecule has 0 aliphatic rings. The molecule has 1 aromatic rings. The van der Waals surface area contributed by atoms with Gasteiger partial charge in [-0.1, -0.05) is 26.0 Å². The van der Waals surface area contributed by atoms with Crippen LogP contribution in [0, 0.1) is 6.92 Å². The summed E-state index contributed by atoms with van der Waals surface area (Å²) in [6.07, 6.45) is 2.16. The Morgan fingerprint density at radius 2 is 1.89 bits per heavy atom. The number of amides is 1. The summed E-state index contributed by atoms with van der Waals surface area (Å²) in [5, 5.41) is 2.95. The van der Waals surface area contributed by atoms with Crippen LogP contribution in [-0.4, -0.2) is 30.4 Å². The summed E-state index contributed by atoms with van der Waals surface area (Å²) in [7, 11) is 0. The van der Waals surface area contributed by atoms with E-state index in [1.807, 2.05) is 31.2 Å². The molecule has 1 N–H and O–H groups in total. The van der Waals surface area contributed by atoms with Crippen LogP contribution in [0.4, 0.5) is 5.69 Å². The van der Waals surface area contributed by atoms with Crippen molar-refractivity contribution in [3.63, 3.8) is 0 Å². The number of carbonyl (C=O) groups excluding carboxylic acids is 1. The van der Waals surface area contributed by atoms with Crippen LogP contribution in [-0.2, 0) is 4.79 Å². The lowest BCUT2D eigenvalue weighted by molar-refractivity contribution is -0.117. The highest BCUT2D eigenvalue weighted by Crippen LogP contribution is 2.09. The molecule has 0 atom stereocenters. The molecule has 1 amide bonds. The fourth-order valence-corrected chi connectivity index (χ4v) is 2.03. The molecule has 18 heavy (non-hydrogen) atoms. The van der Waals surface area contributed by atoms with Crippen LogP contribution in [0.2, 0.25) is 0 Å². The van der Waals surface area contributed by atoms with E-state index >= 15 is 0 Å². The highest BCUT2D eigenvalue weighted by molar-refractivity contribution is 5.92. The number of carbonyl (C=O) groups is 1. The van der Waals surface area contributed by atoms with Crippen molar-refractivity contribution in [2.45, 2.75) is 33.6 Å². The lowest BCUT2D eigenvalue weighted by atomic mass is 10.2. The smallest absolute Gasteiger partial charge is 0.238 e. The maximum absolute atomic E-state index is 11.9. The topological polar surface area (TPSA) is 32.3 Å². The summed E-state index contributed by atoms with van der Waals surface area (Å²) in [5.74, 6) is 0.0718. The molecule has 100 valence electrons. The molecule has 3 nitrogen and oxygen atoms in total. The first-order valence-electron chi connectivity index (χ1n) is 6.74. The van der Waals surface area contributed by atoms with Gasteiger partial charge in [0.1, 0.15) is 0 Å². The van der Waals surface area contributed by atoms with E-state index in [0.29, 0.717) is 6.54 Å². The molecule has 1 rings (SSSR count). The molecule has 0 aliphatic carbocycles. The van der Waals surface area contributed by atoms with E-state index in [1.54, 1.807) is 0 Å². The van der Waals surface area contributed by atoms with E-state index < -0.39 is 0 Å². The molecule has 0 spiro atoms. The maximum atomic E-state index is 11.9. The third kappa shape index (κ3) is 5.32. The van der Waals surface area contributed by atoms with Crippen LogP contribution in [0.15, 0.2) is 24.3 Å². The van der Waals surface area contributed by atoms with Gasteiger partial charge in [0.25, 0.3) is 0 Å². The zero-order valence-electron chi connectivity index (χ0n) is 11.7. The van der Waals surface area contributed by atoms with Crippen molar-refractivity contribution in [1.29, 1.82) is 0 Å². The van der Waals surface area contributed by atoms with Crippen LogP contribution < -0.4 is 5.32 Å². The Morgan fingerprint density at radius 3 is 2.44 bits per heavy atom. The average Bonchev–Trinajstić information content (AvgIpc) is 2.29. The van der Waals surface area contributed by atoms with Crippen molar-refractivity contribution in [3.05, 3.63) is 29.8 Å². The molecule has 0 aromatic heterocycles. The molecule has 0 unspecified atom stereocenters. The zero-order chi connectivity index (χ0) is 13.4. The fourth-order valence-electron chi connectivity index (χ4n) is 2.03. The highest BCUT2D eigenvalue weighted by atomic mass is 16.2. The van der Waals surface area contributed by atoms with Gasteiger partial charge in [0, 0.05) is 5.69 Å². The normalized spacial score (nSPS) is 10.7. The van der Waals surface area contributed by atoms with E-state index in [4.69, 9.17) is 0 Å². The van der Waals surface area contributed by atoms with Gasteiger partial charge in [0.15, 0.2) is 0 Å². The largest absolute Gasteiger partial charge is 0.325 e. The van der Waals surface area contributed by atoms with Gasteiger partial charge in [-0.05, 0) is 50.6 Å². The van der Waals surface area contributed by atoms with Crippen LogP contribution in [0.1, 0.15) is 32.3 Å². The molecule has 1 aromatic carbocycles. The summed E-state index contributed by atoms with van der Waals surface area (Å²) in [5.41, 5.74) is 2.04. The number of nitrogens with one attached hydrogen (secondary N) is 1. The van der Waals surface area contributed by atoms with Crippen molar-refractivity contribution in [3.8, 4) is 0 Å². The van der Waals surface area contributed by atoms with Gasteiger partial charge in [-0.25, -0.2) is 0 Å². The molecule has 0 heterocycles. The van der Waals surface area contributed by atoms with Crippen LogP contribution in [0.25, 0.3) is 0 Å². The molecule has 0 radical (unpaired) electrons. The Balaban J connectivity index is 2.49. The Kier molecular flexibility index (Phi) is 6.44. The summed E-state index contributed by atoms with van der Waals surface area (Å²) < 4.78 is 0. The van der Waals surface area contributed by atoms with Gasteiger partial charge in [0.2, 0.25) is 5.91 Å². The van der Waals surface area contributed by atoms with Gasteiger partial charge >= 0.3 is 0 Å². The first kappa shape index (κ1) is 14.7. The second-order valence-corrected chi connectivity index (χ2v) is 4.69. The number of anilines is 1. The van der Waals surface area contributed by atoms with E-state index in [9.17, 15) is 4.79 Å². The number of benzene rings is 1. The van der Waals surface area contributed by atoms with E-state index in [0.717, 1.165) is 37.2 Å². The second-order valence-electron chi connectivity index (χ2n) is 4.69. The quantitative estimate of drug-likeness (QED) is 0.804. The zero-order valence-corrected chi connectivity index (χ0v) is 11.7. The highest BCUT2D eigenvalue weighted by Gasteiger charge is 2.09. The molecule has 0 bridgehead atoms. The minimum atomic E-state index is 0.0718. The number of hydrogen-bond donors (Lipinski definition) is 1. The lowest BCUT2D eigenvalue weighted by Gasteiger charge is -2.20. The van der Waals surface area contributed by atoms with Gasteiger partial charge < -0.3 is 5.32 Å². The van der Waals surface area contributed by atoms with Crippen molar-refractivity contribution in [1.82, 2.24) is 4.90 Å². The summed E-state index contributed by atoms with van der Waals surface area (Å²) in [4.78, 5) is 14.1. The number of aryl methyl sites for hydroxylation is 1. The van der Waals surface area contributed by atoms with Crippen LogP contribution in [0.5, 0.6) is 0 Å². The third-order valence-corrected chi connectivity index (χ3v) is 2.75. The van der Waals surface area contributed by atoms with Gasteiger partial charge in [-0.2, -0.15) is 0 Å². The molecular formula is C15H24N2O. The van der Waals surface area contributed by atoms with Gasteiger partial charge in [-0.15, -0.1) is 0 Å². The van der Waals surface area contributed by atoms with Crippen LogP contribution >= 0.6 is 0 Å². The average molecular weight is 248 g/mol. The molecule has 0 saturated carbocycles. The van der Waals surface area contributed by atoms with Gasteiger partial charge in [-0.3, -0.25) is 9.69 Å². The molecular weight excluding hydrogens is 224 g/mol. The van der Waals surface area contributed by atoms with Crippen LogP contribution in [0.3, 0.4) is 0 Å². The lowest BCUT2D eigenvalue weighted by Crippen LogP contribution is -2.34. The molecule has 0 fully saturated rings. The predicted molar refractivity (Wildman–Crippen MR) is 76.8 cm³/mol. The van der Waals surface area contributed by atoms with E-state index in [2.05, 4.69) is 24.1 Å². The molecule has 3 heteroatoms. The Labute approximate surface area is 110 Å². The van der Waals surface area contributed by atoms with E-state index in [1.165, 1.54) is 0 Å². The maximum Gasteiger partial charge on any atom is 0.238 e. The van der Waals surface area contributed by atoms with E-state index in [-0.39, 0.29) is 5.91 Å². The predicted octanol–water partition coefficient (Wildman–Crippen LogP) is 3.06. The summed E-state index contributed by atoms with van der Waals surface area (Å²) in [6.45, 7) is 8.75. The second kappa shape index (κ2) is 7.88. The van der Waals surface area contributed by atoms with Gasteiger partial charge in [0.05, 0.1) is 6.54 Å². The molecule has 0 saturated heterocycles. The van der Waals surface area contributed by atoms with Crippen molar-refractivity contribution < 1.29 is 4.79 Å². The summed E-state index contributed by atoms with van der Waals surface area (Å²) >= 11 is 0. The number of hydrogen-bond acceptors (Lipinski definition) is 2. The molecule has 0 aliphatic heterocycles. The Bertz CT molecular complexity index is 371. The first-order chi connectivity index (χ1) is 8.65. The third-order valence-electron chi connectivity index (χ3n) is 2.75. The SMILES string of the molecule is CCCN(CCC)CC(=O)Nc1cccc(C)c1. The monoisotopic (exact) mass is 248 g/mol. The minimum absolute atomic E-state index is 0.0718. The van der Waals surface area contributed by atoms with Crippen molar-refractivity contribution in [2.75, 3.05) is 25.0 Å². The van der Waals surface area contributed by atoms with Crippen molar-refractivity contribution in [2.24, 2.45) is 0 Å². The van der Waals surface area contributed by atoms with Crippen molar-refractivity contribution >= 4 is 11.6 Å². The fraction of sp³-hybridized carbons (Fsp3) is 0.533. The Hall–Kier alpha value is -1.35. The standard InChI is InChI=1S/C15H24N2O/c1-4-9-17(10-5-2)12-15(18)16-14-8-6-7-13(3)11-14/h6-8,11H,4-5,9-10,12H2,1-3H3,(H,16,18). The minimum Gasteiger partial charge on any atom is -0.325 e. The Morgan fingerprint density at radius 1 is 1.22 bits per heavy atom. The summed E-state index contributed by atoms with van der Waals surface area (Å²) in [6, 6.07) is 7.90. The number of rotatable bonds is 7.